The highest BCUT2D eigenvalue weighted by Crippen LogP contribution is 2.20. The Morgan fingerprint density at radius 3 is 2.06 bits per heavy atom. The molecule has 0 radical (unpaired) electrons. The molecule has 0 aliphatic carbocycles. The van der Waals surface area contributed by atoms with Gasteiger partial charge in [-0.1, -0.05) is 66.7 Å². The minimum Gasteiger partial charge on any atom is -0.396 e. The van der Waals surface area contributed by atoms with Gasteiger partial charge in [0.25, 0.3) is 0 Å². The van der Waals surface area contributed by atoms with E-state index in [-0.39, 0.29) is 6.61 Å². The fraction of sp³-hybridized carbons (Fsp3) is 0.125. The van der Waals surface area contributed by atoms with Crippen molar-refractivity contribution in [3.05, 3.63) is 71.8 Å². The van der Waals surface area contributed by atoms with E-state index in [1.54, 1.807) is 0 Å². The lowest BCUT2D eigenvalue weighted by Gasteiger charge is -2.06. The summed E-state index contributed by atoms with van der Waals surface area (Å²) in [5, 5.41) is 9.14. The Bertz CT molecular complexity index is 471. The Labute approximate surface area is 102 Å². The first-order valence-corrected chi connectivity index (χ1v) is 5.82. The van der Waals surface area contributed by atoms with Gasteiger partial charge in [-0.15, -0.1) is 0 Å². The molecule has 0 aliphatic rings. The van der Waals surface area contributed by atoms with Crippen molar-refractivity contribution in [2.75, 3.05) is 6.61 Å². The Balaban J connectivity index is 2.33. The standard InChI is InChI=1S/C16H16O/c17-12-11-16(15-9-5-2-6-10-15)13-14-7-3-1-4-8-14/h1-10,13,17H,11-12H2. The minimum absolute atomic E-state index is 0.174. The smallest absolute Gasteiger partial charge is 0.0471 e. The molecular weight excluding hydrogens is 208 g/mol. The molecule has 2 aromatic rings. The summed E-state index contributed by atoms with van der Waals surface area (Å²) in [6.45, 7) is 0.174. The van der Waals surface area contributed by atoms with Crippen molar-refractivity contribution in [3.8, 4) is 0 Å². The Morgan fingerprint density at radius 2 is 1.47 bits per heavy atom. The summed E-state index contributed by atoms with van der Waals surface area (Å²) in [4.78, 5) is 0. The van der Waals surface area contributed by atoms with Gasteiger partial charge in [0.15, 0.2) is 0 Å². The van der Waals surface area contributed by atoms with Crippen LogP contribution in [-0.4, -0.2) is 11.7 Å². The zero-order chi connectivity index (χ0) is 11.9. The summed E-state index contributed by atoms with van der Waals surface area (Å²) < 4.78 is 0. The van der Waals surface area contributed by atoms with Crippen LogP contribution in [-0.2, 0) is 0 Å². The molecular formula is C16H16O. The van der Waals surface area contributed by atoms with Crippen LogP contribution in [0, 0.1) is 0 Å². The molecule has 0 amide bonds. The van der Waals surface area contributed by atoms with Crippen LogP contribution < -0.4 is 0 Å². The molecule has 2 rings (SSSR count). The van der Waals surface area contributed by atoms with Crippen LogP contribution in [0.4, 0.5) is 0 Å². The lowest BCUT2D eigenvalue weighted by atomic mass is 10.0. The van der Waals surface area contributed by atoms with E-state index in [0.29, 0.717) is 6.42 Å². The third-order valence-corrected chi connectivity index (χ3v) is 2.67. The van der Waals surface area contributed by atoms with Crippen molar-refractivity contribution in [3.63, 3.8) is 0 Å². The van der Waals surface area contributed by atoms with E-state index in [1.165, 1.54) is 16.7 Å². The number of benzene rings is 2. The Hall–Kier alpha value is -1.86. The van der Waals surface area contributed by atoms with Crippen molar-refractivity contribution in [2.45, 2.75) is 6.42 Å². The third kappa shape index (κ3) is 3.30. The summed E-state index contributed by atoms with van der Waals surface area (Å²) in [6, 6.07) is 20.4. The van der Waals surface area contributed by atoms with Gasteiger partial charge in [-0.05, 0) is 23.1 Å². The summed E-state index contributed by atoms with van der Waals surface area (Å²) in [6.07, 6.45) is 2.81. The predicted octanol–water partition coefficient (Wildman–Crippen LogP) is 3.61. The van der Waals surface area contributed by atoms with Crippen LogP contribution in [0.15, 0.2) is 60.7 Å². The van der Waals surface area contributed by atoms with E-state index in [4.69, 9.17) is 5.11 Å². The van der Waals surface area contributed by atoms with E-state index < -0.39 is 0 Å². The number of aliphatic hydroxyl groups is 1. The first kappa shape index (κ1) is 11.6. The maximum absolute atomic E-state index is 9.14. The van der Waals surface area contributed by atoms with Crippen molar-refractivity contribution in [1.29, 1.82) is 0 Å². The summed E-state index contributed by atoms with van der Waals surface area (Å²) >= 11 is 0. The first-order valence-electron chi connectivity index (χ1n) is 5.82. The van der Waals surface area contributed by atoms with Gasteiger partial charge in [0.05, 0.1) is 0 Å². The van der Waals surface area contributed by atoms with Crippen LogP contribution in [0.5, 0.6) is 0 Å². The van der Waals surface area contributed by atoms with Gasteiger partial charge in [-0.3, -0.25) is 0 Å². The molecule has 0 bridgehead atoms. The SMILES string of the molecule is OCCC(=Cc1ccccc1)c1ccccc1. The van der Waals surface area contributed by atoms with Gasteiger partial charge in [0, 0.05) is 6.61 Å². The molecule has 0 heterocycles. The van der Waals surface area contributed by atoms with E-state index in [1.807, 2.05) is 36.4 Å². The summed E-state index contributed by atoms with van der Waals surface area (Å²) in [5.41, 5.74) is 3.50. The second-order valence-electron chi connectivity index (χ2n) is 3.92. The van der Waals surface area contributed by atoms with E-state index >= 15 is 0 Å². The Morgan fingerprint density at radius 1 is 0.882 bits per heavy atom. The average Bonchev–Trinajstić information content (AvgIpc) is 2.40. The lowest BCUT2D eigenvalue weighted by molar-refractivity contribution is 0.305. The molecule has 2 aromatic carbocycles. The van der Waals surface area contributed by atoms with Crippen LogP contribution in [0.1, 0.15) is 17.5 Å². The molecule has 0 unspecified atom stereocenters. The predicted molar refractivity (Wildman–Crippen MR) is 72.5 cm³/mol. The van der Waals surface area contributed by atoms with Crippen molar-refractivity contribution >= 4 is 11.6 Å². The topological polar surface area (TPSA) is 20.2 Å². The molecule has 17 heavy (non-hydrogen) atoms. The average molecular weight is 224 g/mol. The quantitative estimate of drug-likeness (QED) is 0.786. The highest BCUT2D eigenvalue weighted by atomic mass is 16.2. The van der Waals surface area contributed by atoms with Gasteiger partial charge in [-0.25, -0.2) is 0 Å². The molecule has 0 spiro atoms. The molecule has 0 saturated heterocycles. The molecule has 1 nitrogen and oxygen atoms in total. The fourth-order valence-electron chi connectivity index (χ4n) is 1.82. The van der Waals surface area contributed by atoms with E-state index in [2.05, 4.69) is 30.3 Å². The molecule has 1 N–H and O–H groups in total. The fourth-order valence-corrected chi connectivity index (χ4v) is 1.82. The highest BCUT2D eigenvalue weighted by molar-refractivity contribution is 5.81. The van der Waals surface area contributed by atoms with Gasteiger partial charge >= 0.3 is 0 Å². The molecule has 0 aromatic heterocycles. The summed E-state index contributed by atoms with van der Waals surface area (Å²) in [7, 11) is 0. The molecule has 0 saturated carbocycles. The van der Waals surface area contributed by atoms with Crippen molar-refractivity contribution in [1.82, 2.24) is 0 Å². The lowest BCUT2D eigenvalue weighted by Crippen LogP contribution is -1.89. The molecule has 0 aliphatic heterocycles. The van der Waals surface area contributed by atoms with E-state index in [0.717, 1.165) is 0 Å². The van der Waals surface area contributed by atoms with E-state index in [9.17, 15) is 0 Å². The van der Waals surface area contributed by atoms with Crippen LogP contribution >= 0.6 is 0 Å². The second-order valence-corrected chi connectivity index (χ2v) is 3.92. The molecule has 0 fully saturated rings. The molecule has 1 heteroatoms. The van der Waals surface area contributed by atoms with Gasteiger partial charge in [-0.2, -0.15) is 0 Å². The largest absolute Gasteiger partial charge is 0.396 e. The first-order chi connectivity index (χ1) is 8.40. The second kappa shape index (κ2) is 6.02. The number of hydrogen-bond donors (Lipinski definition) is 1. The zero-order valence-corrected chi connectivity index (χ0v) is 9.71. The normalized spacial score (nSPS) is 11.5. The van der Waals surface area contributed by atoms with Gasteiger partial charge < -0.3 is 5.11 Å². The number of rotatable bonds is 4. The van der Waals surface area contributed by atoms with Gasteiger partial charge in [0.1, 0.15) is 0 Å². The highest BCUT2D eigenvalue weighted by Gasteiger charge is 2.00. The third-order valence-electron chi connectivity index (χ3n) is 2.67. The van der Waals surface area contributed by atoms with Crippen LogP contribution in [0.25, 0.3) is 11.6 Å². The maximum Gasteiger partial charge on any atom is 0.0471 e. The summed E-state index contributed by atoms with van der Waals surface area (Å²) in [5.74, 6) is 0. The minimum atomic E-state index is 0.174. The zero-order valence-electron chi connectivity index (χ0n) is 9.71. The van der Waals surface area contributed by atoms with Crippen LogP contribution in [0.3, 0.4) is 0 Å². The number of aliphatic hydroxyl groups excluding tert-OH is 1. The Kier molecular flexibility index (Phi) is 4.11. The van der Waals surface area contributed by atoms with Gasteiger partial charge in [0.2, 0.25) is 0 Å². The number of hydrogen-bond acceptors (Lipinski definition) is 1. The van der Waals surface area contributed by atoms with Crippen molar-refractivity contribution in [2.24, 2.45) is 0 Å². The molecule has 86 valence electrons. The van der Waals surface area contributed by atoms with Crippen molar-refractivity contribution < 1.29 is 5.11 Å². The molecule has 0 atom stereocenters. The van der Waals surface area contributed by atoms with Crippen LogP contribution in [0.2, 0.25) is 0 Å². The maximum atomic E-state index is 9.14. The monoisotopic (exact) mass is 224 g/mol.